The SMILES string of the molecule is Cc1n[nH]c(C)c1S(=O)(=O)NCC1(C)CCOCC1. The molecule has 1 saturated heterocycles. The number of H-pyrrole nitrogens is 1. The van der Waals surface area contributed by atoms with Crippen LogP contribution in [0.25, 0.3) is 0 Å². The molecule has 0 radical (unpaired) electrons. The van der Waals surface area contributed by atoms with Crippen molar-refractivity contribution in [3.05, 3.63) is 11.4 Å². The van der Waals surface area contributed by atoms with Gasteiger partial charge in [-0.05, 0) is 32.1 Å². The number of aryl methyl sites for hydroxylation is 2. The zero-order valence-corrected chi connectivity index (χ0v) is 12.4. The molecule has 0 unspecified atom stereocenters. The van der Waals surface area contributed by atoms with Crippen LogP contribution in [0.2, 0.25) is 0 Å². The first-order valence-electron chi connectivity index (χ1n) is 6.43. The monoisotopic (exact) mass is 287 g/mol. The molecule has 2 heterocycles. The fourth-order valence-corrected chi connectivity index (χ4v) is 3.89. The summed E-state index contributed by atoms with van der Waals surface area (Å²) in [7, 11) is -3.50. The smallest absolute Gasteiger partial charge is 0.244 e. The summed E-state index contributed by atoms with van der Waals surface area (Å²) >= 11 is 0. The predicted molar refractivity (Wildman–Crippen MR) is 71.4 cm³/mol. The minimum atomic E-state index is -3.50. The molecule has 0 bridgehead atoms. The van der Waals surface area contributed by atoms with Crippen LogP contribution in [0.4, 0.5) is 0 Å². The van der Waals surface area contributed by atoms with Crippen molar-refractivity contribution >= 4 is 10.0 Å². The topological polar surface area (TPSA) is 84.1 Å². The van der Waals surface area contributed by atoms with Crippen molar-refractivity contribution < 1.29 is 13.2 Å². The number of hydrogen-bond acceptors (Lipinski definition) is 4. The van der Waals surface area contributed by atoms with Crippen LogP contribution in [0.15, 0.2) is 4.90 Å². The summed E-state index contributed by atoms with van der Waals surface area (Å²) in [5, 5.41) is 6.63. The lowest BCUT2D eigenvalue weighted by Crippen LogP contribution is -2.39. The maximum absolute atomic E-state index is 12.3. The summed E-state index contributed by atoms with van der Waals surface area (Å²) in [4.78, 5) is 0.267. The van der Waals surface area contributed by atoms with E-state index in [-0.39, 0.29) is 10.3 Å². The number of aromatic nitrogens is 2. The van der Waals surface area contributed by atoms with Gasteiger partial charge in [-0.2, -0.15) is 5.10 Å². The first-order chi connectivity index (χ1) is 8.84. The molecule has 1 aliphatic rings. The third-order valence-corrected chi connectivity index (χ3v) is 5.38. The van der Waals surface area contributed by atoms with E-state index < -0.39 is 10.0 Å². The van der Waals surface area contributed by atoms with Gasteiger partial charge < -0.3 is 4.74 Å². The summed E-state index contributed by atoms with van der Waals surface area (Å²) < 4.78 is 32.7. The van der Waals surface area contributed by atoms with Crippen molar-refractivity contribution in [3.8, 4) is 0 Å². The summed E-state index contributed by atoms with van der Waals surface area (Å²) in [5.41, 5.74) is 1.04. The highest BCUT2D eigenvalue weighted by atomic mass is 32.2. The fraction of sp³-hybridized carbons (Fsp3) is 0.750. The van der Waals surface area contributed by atoms with Gasteiger partial charge in [-0.1, -0.05) is 6.92 Å². The zero-order chi connectivity index (χ0) is 14.1. The Balaban J connectivity index is 2.10. The lowest BCUT2D eigenvalue weighted by atomic mass is 9.83. The van der Waals surface area contributed by atoms with Crippen LogP contribution in [0.1, 0.15) is 31.2 Å². The number of nitrogens with zero attached hydrogens (tertiary/aromatic N) is 1. The number of hydrogen-bond donors (Lipinski definition) is 2. The van der Waals surface area contributed by atoms with Crippen LogP contribution in [-0.4, -0.2) is 38.4 Å². The van der Waals surface area contributed by atoms with Gasteiger partial charge in [-0.15, -0.1) is 0 Å². The Kier molecular flexibility index (Phi) is 3.98. The molecule has 1 fully saturated rings. The Morgan fingerprint density at radius 2 is 2.00 bits per heavy atom. The van der Waals surface area contributed by atoms with Crippen LogP contribution in [-0.2, 0) is 14.8 Å². The lowest BCUT2D eigenvalue weighted by Gasteiger charge is -2.33. The Morgan fingerprint density at radius 3 is 2.53 bits per heavy atom. The Morgan fingerprint density at radius 1 is 1.37 bits per heavy atom. The van der Waals surface area contributed by atoms with Gasteiger partial charge in [0.15, 0.2) is 0 Å². The van der Waals surface area contributed by atoms with E-state index in [4.69, 9.17) is 4.74 Å². The third-order valence-electron chi connectivity index (χ3n) is 3.72. The zero-order valence-electron chi connectivity index (χ0n) is 11.6. The van der Waals surface area contributed by atoms with Gasteiger partial charge in [0.25, 0.3) is 0 Å². The van der Waals surface area contributed by atoms with Crippen molar-refractivity contribution in [1.82, 2.24) is 14.9 Å². The molecule has 1 aromatic rings. The molecule has 0 aliphatic carbocycles. The van der Waals surface area contributed by atoms with Crippen molar-refractivity contribution in [1.29, 1.82) is 0 Å². The average molecular weight is 287 g/mol. The molecule has 2 N–H and O–H groups in total. The maximum Gasteiger partial charge on any atom is 0.244 e. The molecule has 0 amide bonds. The molecule has 1 aliphatic heterocycles. The van der Waals surface area contributed by atoms with Crippen LogP contribution in [0, 0.1) is 19.3 Å². The maximum atomic E-state index is 12.3. The second kappa shape index (κ2) is 5.22. The number of ether oxygens (including phenoxy) is 1. The Hall–Kier alpha value is -0.920. The predicted octanol–water partition coefficient (Wildman–Crippen LogP) is 1.12. The largest absolute Gasteiger partial charge is 0.381 e. The van der Waals surface area contributed by atoms with Gasteiger partial charge in [-0.3, -0.25) is 5.10 Å². The quantitative estimate of drug-likeness (QED) is 0.869. The fourth-order valence-electron chi connectivity index (χ4n) is 2.32. The van der Waals surface area contributed by atoms with E-state index >= 15 is 0 Å². The second-order valence-corrected chi connectivity index (χ2v) is 7.21. The van der Waals surface area contributed by atoms with Gasteiger partial charge in [0.05, 0.1) is 11.4 Å². The number of aromatic amines is 1. The third kappa shape index (κ3) is 3.16. The van der Waals surface area contributed by atoms with Crippen LogP contribution < -0.4 is 4.72 Å². The summed E-state index contributed by atoms with van der Waals surface area (Å²) in [6.07, 6.45) is 1.75. The molecular weight excluding hydrogens is 266 g/mol. The van der Waals surface area contributed by atoms with Crippen molar-refractivity contribution in [3.63, 3.8) is 0 Å². The Labute approximate surface area is 114 Å². The average Bonchev–Trinajstić information content (AvgIpc) is 2.68. The molecule has 0 aromatic carbocycles. The standard InChI is InChI=1S/C12H21N3O3S/c1-9-11(10(2)15-14-9)19(16,17)13-8-12(3)4-6-18-7-5-12/h13H,4-8H2,1-3H3,(H,14,15). The molecular formula is C12H21N3O3S. The molecule has 108 valence electrons. The van der Waals surface area contributed by atoms with Crippen LogP contribution in [0.3, 0.4) is 0 Å². The van der Waals surface area contributed by atoms with Crippen molar-refractivity contribution in [2.75, 3.05) is 19.8 Å². The van der Waals surface area contributed by atoms with E-state index in [1.54, 1.807) is 13.8 Å². The normalized spacial score (nSPS) is 19.5. The first-order valence-corrected chi connectivity index (χ1v) is 7.91. The highest BCUT2D eigenvalue weighted by Crippen LogP contribution is 2.29. The minimum absolute atomic E-state index is 0.0309. The molecule has 0 saturated carbocycles. The molecule has 6 nitrogen and oxygen atoms in total. The molecule has 0 spiro atoms. The van der Waals surface area contributed by atoms with E-state index in [0.29, 0.717) is 31.1 Å². The van der Waals surface area contributed by atoms with E-state index in [0.717, 1.165) is 12.8 Å². The van der Waals surface area contributed by atoms with Crippen LogP contribution >= 0.6 is 0 Å². The van der Waals surface area contributed by atoms with Gasteiger partial charge in [0, 0.05) is 19.8 Å². The van der Waals surface area contributed by atoms with Crippen molar-refractivity contribution in [2.24, 2.45) is 5.41 Å². The van der Waals surface area contributed by atoms with Crippen LogP contribution in [0.5, 0.6) is 0 Å². The van der Waals surface area contributed by atoms with E-state index in [1.807, 2.05) is 0 Å². The summed E-state index contributed by atoms with van der Waals surface area (Å²) in [5.74, 6) is 0. The number of sulfonamides is 1. The second-order valence-electron chi connectivity index (χ2n) is 5.51. The molecule has 0 atom stereocenters. The van der Waals surface area contributed by atoms with E-state index in [1.165, 1.54) is 0 Å². The van der Waals surface area contributed by atoms with Gasteiger partial charge >= 0.3 is 0 Å². The van der Waals surface area contributed by atoms with E-state index in [9.17, 15) is 8.42 Å². The highest BCUT2D eigenvalue weighted by molar-refractivity contribution is 7.89. The van der Waals surface area contributed by atoms with Gasteiger partial charge in [0.2, 0.25) is 10.0 Å². The van der Waals surface area contributed by atoms with Gasteiger partial charge in [-0.25, -0.2) is 13.1 Å². The number of nitrogens with one attached hydrogen (secondary N) is 2. The van der Waals surface area contributed by atoms with Crippen molar-refractivity contribution in [2.45, 2.75) is 38.5 Å². The minimum Gasteiger partial charge on any atom is -0.381 e. The molecule has 19 heavy (non-hydrogen) atoms. The van der Waals surface area contributed by atoms with E-state index in [2.05, 4.69) is 21.8 Å². The lowest BCUT2D eigenvalue weighted by molar-refractivity contribution is 0.0264. The number of rotatable bonds is 4. The highest BCUT2D eigenvalue weighted by Gasteiger charge is 2.30. The van der Waals surface area contributed by atoms with Gasteiger partial charge in [0.1, 0.15) is 4.90 Å². The Bertz CT molecular complexity index is 525. The summed E-state index contributed by atoms with van der Waals surface area (Å²) in [6, 6.07) is 0. The molecule has 2 rings (SSSR count). The molecule has 7 heteroatoms. The first kappa shape index (κ1) is 14.5. The summed E-state index contributed by atoms with van der Waals surface area (Å²) in [6.45, 7) is 7.32. The molecule has 1 aromatic heterocycles.